The number of hydrogen-bond acceptors (Lipinski definition) is 20. The van der Waals surface area contributed by atoms with Gasteiger partial charge in [0.1, 0.15) is 28.1 Å². The third-order valence-corrected chi connectivity index (χ3v) is 16.5. The van der Waals surface area contributed by atoms with Crippen molar-refractivity contribution in [2.45, 2.75) is 70.9 Å². The van der Waals surface area contributed by atoms with Crippen LogP contribution in [0.25, 0.3) is 33.4 Å². The number of nitrogens with zero attached hydrogens (tertiary/aromatic N) is 2. The third kappa shape index (κ3) is 13.6. The van der Waals surface area contributed by atoms with Gasteiger partial charge in [-0.2, -0.15) is 8.62 Å². The van der Waals surface area contributed by atoms with Crippen molar-refractivity contribution >= 4 is 75.1 Å². The van der Waals surface area contributed by atoms with Gasteiger partial charge in [-0.25, -0.2) is 23.3 Å². The van der Waals surface area contributed by atoms with Crippen LogP contribution in [0, 0.1) is 27.9 Å². The molecular formula is C47H44Cl2N3O25P3. The van der Waals surface area contributed by atoms with E-state index in [9.17, 15) is 78.0 Å². The number of carboxylic acids is 1. The summed E-state index contributed by atoms with van der Waals surface area (Å²) in [5.74, 6) is 2.09. The number of aliphatic hydroxyl groups is 2. The second-order valence-electron chi connectivity index (χ2n) is 17.7. The van der Waals surface area contributed by atoms with E-state index in [1.165, 1.54) is 55.6 Å². The molecule has 1 saturated heterocycles. The van der Waals surface area contributed by atoms with Crippen molar-refractivity contribution in [3.8, 4) is 45.8 Å². The van der Waals surface area contributed by atoms with Crippen molar-refractivity contribution in [1.82, 2.24) is 9.55 Å². The van der Waals surface area contributed by atoms with E-state index < -0.39 is 135 Å². The highest BCUT2D eigenvalue weighted by molar-refractivity contribution is 7.66. The Bertz CT molecular complexity index is 3850. The summed E-state index contributed by atoms with van der Waals surface area (Å²) < 4.78 is 70.2. The SMILES string of the molecule is COc1cc2c(-c3cc(C(=O)CCC#Cc4ccc(C(OCc5cn([C@H]6CC(O)[C@@H](COP(=O)(O)OP(=O)(O)OP(=O)(O)O)O6)c(=O)[nH]c5=O)C(C)C)c([N+](=O)[O-])c4)ccc3C(=O)O)c3cc(CO)c(O)c(Cl)c3oc-2c(Cl)c1=O. The number of nitro benzene ring substituents is 1. The van der Waals surface area contributed by atoms with E-state index in [1.54, 1.807) is 13.8 Å². The van der Waals surface area contributed by atoms with Crippen molar-refractivity contribution in [3.63, 3.8) is 0 Å². The number of H-pyrrole nitrogens is 1. The van der Waals surface area contributed by atoms with Gasteiger partial charge in [-0.3, -0.25) is 38.6 Å². The number of nitrogens with one attached hydrogen (secondary N) is 1. The number of aliphatic hydroxyl groups excluding tert-OH is 2. The number of ether oxygens (including phenoxy) is 3. The number of aromatic hydroxyl groups is 1. The monoisotopic (exact) mass is 1210 g/mol. The van der Waals surface area contributed by atoms with E-state index in [4.69, 9.17) is 51.6 Å². The summed E-state index contributed by atoms with van der Waals surface area (Å²) in [6.45, 7) is 1.02. The molecule has 7 rings (SSSR count). The number of ketones is 1. The number of halogens is 2. The first kappa shape index (κ1) is 61.2. The largest absolute Gasteiger partial charge is 0.506 e. The molecule has 4 unspecified atom stereocenters. The molecule has 0 amide bonds. The first-order chi connectivity index (χ1) is 37.4. The van der Waals surface area contributed by atoms with Crippen LogP contribution in [0.3, 0.4) is 0 Å². The molecule has 1 fully saturated rings. The van der Waals surface area contributed by atoms with Crippen LogP contribution in [0.15, 0.2) is 73.5 Å². The molecule has 80 heavy (non-hydrogen) atoms. The Morgan fingerprint density at radius 1 is 0.975 bits per heavy atom. The summed E-state index contributed by atoms with van der Waals surface area (Å²) >= 11 is 13.0. The van der Waals surface area contributed by atoms with Gasteiger partial charge in [-0.15, -0.1) is 0 Å². The van der Waals surface area contributed by atoms with Crippen molar-refractivity contribution in [2.75, 3.05) is 13.7 Å². The second kappa shape index (κ2) is 24.3. The first-order valence-corrected chi connectivity index (χ1v) is 28.3. The van der Waals surface area contributed by atoms with Gasteiger partial charge in [0, 0.05) is 64.7 Å². The topological polar surface area (TPSA) is 431 Å². The molecule has 9 N–H and O–H groups in total. The maximum absolute atomic E-state index is 13.8. The highest BCUT2D eigenvalue weighted by Gasteiger charge is 2.43. The molecule has 1 aliphatic carbocycles. The Morgan fingerprint density at radius 3 is 2.33 bits per heavy atom. The smallest absolute Gasteiger partial charge is 0.490 e. The summed E-state index contributed by atoms with van der Waals surface area (Å²) in [7, 11) is -15.9. The molecule has 0 bridgehead atoms. The number of phenols is 1. The van der Waals surface area contributed by atoms with Crippen LogP contribution < -0.4 is 21.4 Å². The number of carboxylic acid groups (broad SMARTS) is 1. The Morgan fingerprint density at radius 2 is 1.69 bits per heavy atom. The van der Waals surface area contributed by atoms with E-state index >= 15 is 0 Å². The lowest BCUT2D eigenvalue weighted by molar-refractivity contribution is -0.386. The molecule has 3 aromatic carbocycles. The highest BCUT2D eigenvalue weighted by Crippen LogP contribution is 2.66. The number of fused-ring (bicyclic) bond motifs is 2. The number of phosphoric acid groups is 3. The molecule has 3 aliphatic rings. The third-order valence-electron chi connectivity index (χ3n) is 12.0. The molecule has 0 spiro atoms. The lowest BCUT2D eigenvalue weighted by Crippen LogP contribution is -2.34. The fourth-order valence-electron chi connectivity index (χ4n) is 8.43. The van der Waals surface area contributed by atoms with E-state index in [-0.39, 0.29) is 85.4 Å². The van der Waals surface area contributed by atoms with Crippen LogP contribution in [0.1, 0.15) is 88.4 Å². The van der Waals surface area contributed by atoms with Crippen molar-refractivity contribution in [2.24, 2.45) is 5.92 Å². The van der Waals surface area contributed by atoms with Gasteiger partial charge in [-0.1, -0.05) is 55.0 Å². The number of methoxy groups -OCH3 is 1. The van der Waals surface area contributed by atoms with Crippen molar-refractivity contribution in [3.05, 3.63) is 139 Å². The molecule has 2 aliphatic heterocycles. The van der Waals surface area contributed by atoms with Crippen molar-refractivity contribution in [1.29, 1.82) is 0 Å². The van der Waals surface area contributed by atoms with Crippen LogP contribution in [0.4, 0.5) is 5.69 Å². The van der Waals surface area contributed by atoms with Gasteiger partial charge in [0.05, 0.1) is 60.8 Å². The van der Waals surface area contributed by atoms with Crippen molar-refractivity contribution < 1.29 is 100.0 Å². The minimum atomic E-state index is -5.86. The minimum absolute atomic E-state index is 0.00750. The maximum atomic E-state index is 13.8. The van der Waals surface area contributed by atoms with Gasteiger partial charge in [-0.05, 0) is 47.9 Å². The molecule has 33 heteroatoms. The zero-order chi connectivity index (χ0) is 58.9. The molecule has 1 aromatic heterocycles. The maximum Gasteiger partial charge on any atom is 0.490 e. The zero-order valence-corrected chi connectivity index (χ0v) is 45.5. The molecule has 6 atom stereocenters. The number of nitro groups is 1. The Hall–Kier alpha value is -6.44. The molecular weight excluding hydrogens is 1170 g/mol. The normalized spacial score (nSPS) is 17.4. The Kier molecular flexibility index (Phi) is 18.6. The zero-order valence-electron chi connectivity index (χ0n) is 41.3. The fourth-order valence-corrected chi connectivity index (χ4v) is 12.0. The predicted octanol–water partition coefficient (Wildman–Crippen LogP) is 6.45. The highest BCUT2D eigenvalue weighted by atomic mass is 35.5. The van der Waals surface area contributed by atoms with Crippen LogP contribution in [0.2, 0.25) is 10.0 Å². The molecule has 28 nitrogen and oxygen atoms in total. The second-order valence-corrected chi connectivity index (χ2v) is 22.9. The van der Waals surface area contributed by atoms with E-state index in [1.807, 2.05) is 0 Å². The van der Waals surface area contributed by atoms with Crippen LogP contribution in [-0.4, -0.2) is 92.2 Å². The van der Waals surface area contributed by atoms with E-state index in [0.29, 0.717) is 0 Å². The predicted molar refractivity (Wildman–Crippen MR) is 277 cm³/mol. The number of carbonyl (C=O) groups is 2. The standard InChI is InChI=1S/C47H44Cl2N3O25P3/c1-21(2)42(72-19-25-17-51(47(61)50-45(25)58)36-16-33(55)35(74-36)20-73-79(67,68)77-80(69,70)76-78(64,65)66)27-10-8-22(12-31(27)52(62)63)6-4-5-7-32(54)23-9-11-26(46(59)60)28(13-23)37-29-14-24(18-53)40(56)38(48)43(29)75-44-30(37)15-34(71-3)41(57)39(44)49/h8-15,17,21,33,35-36,42,53,55-56H,5,7,16,18-20H2,1-3H3,(H,59,60)(H,67,68)(H,69,70)(H,50,58,61)(H2,64,65,66)/t33?,35-,36-,42?/m1/s1. The number of phosphoric ester groups is 1. The van der Waals surface area contributed by atoms with Crippen LogP contribution >= 0.6 is 46.7 Å². The average Bonchev–Trinajstić information content (AvgIpc) is 3.74. The first-order valence-electron chi connectivity index (χ1n) is 23.0. The Balaban J connectivity index is 1.08. The van der Waals surface area contributed by atoms with Gasteiger partial charge >= 0.3 is 35.1 Å². The number of carbonyl (C=O) groups excluding carboxylic acids is 1. The molecule has 3 heterocycles. The average molecular weight is 1210 g/mol. The van der Waals surface area contributed by atoms with Gasteiger partial charge in [0.15, 0.2) is 22.9 Å². The van der Waals surface area contributed by atoms with Gasteiger partial charge in [0.25, 0.3) is 11.2 Å². The van der Waals surface area contributed by atoms with Crippen LogP contribution in [-0.2, 0) is 49.5 Å². The number of hydrogen-bond donors (Lipinski definition) is 9. The van der Waals surface area contributed by atoms with E-state index in [0.717, 1.165) is 10.8 Å². The molecule has 4 aromatic rings. The lowest BCUT2D eigenvalue weighted by atomic mass is 9.88. The number of Topliss-reactive ketones (excluding diaryl/α,β-unsaturated/α-hetero) is 1. The number of benzene rings is 4. The van der Waals surface area contributed by atoms with E-state index in [2.05, 4.69) is 30.0 Å². The molecule has 0 radical (unpaired) electrons. The van der Waals surface area contributed by atoms with Gasteiger partial charge < -0.3 is 58.6 Å². The quantitative estimate of drug-likeness (QED) is 0.00932. The lowest BCUT2D eigenvalue weighted by Gasteiger charge is -2.22. The summed E-state index contributed by atoms with van der Waals surface area (Å²) in [5, 5.41) is 53.4. The molecule has 0 saturated carbocycles. The van der Waals surface area contributed by atoms with Gasteiger partial charge in [0.2, 0.25) is 5.43 Å². The van der Waals surface area contributed by atoms with Crippen LogP contribution in [0.5, 0.6) is 11.5 Å². The number of aromatic carboxylic acids is 1. The number of aromatic nitrogens is 2. The summed E-state index contributed by atoms with van der Waals surface area (Å²) in [6, 6.07) is 10.3. The number of rotatable bonds is 21. The summed E-state index contributed by atoms with van der Waals surface area (Å²) in [5.41, 5.74) is -3.80. The summed E-state index contributed by atoms with van der Waals surface area (Å²) in [4.78, 5) is 116. The minimum Gasteiger partial charge on any atom is -0.506 e. The fraction of sp³-hybridized carbons (Fsp3) is 0.298. The Labute approximate surface area is 458 Å². The number of aromatic amines is 1. The summed E-state index contributed by atoms with van der Waals surface area (Å²) in [6.07, 6.45) is -5.24. The molecule has 426 valence electrons.